The molecule has 2 rings (SSSR count). The molecule has 0 bridgehead atoms. The number of hydrogen-bond donors (Lipinski definition) is 1. The summed E-state index contributed by atoms with van der Waals surface area (Å²) in [6.07, 6.45) is 3.01. The summed E-state index contributed by atoms with van der Waals surface area (Å²) in [4.78, 5) is 38.0. The zero-order chi connectivity index (χ0) is 18.4. The van der Waals surface area contributed by atoms with Gasteiger partial charge in [0, 0.05) is 6.54 Å². The number of likely N-dealkylation sites (tertiary alicyclic amines) is 1. The van der Waals surface area contributed by atoms with Crippen LogP contribution < -0.4 is 5.32 Å². The Morgan fingerprint density at radius 2 is 1.88 bits per heavy atom. The van der Waals surface area contributed by atoms with Gasteiger partial charge in [-0.2, -0.15) is 0 Å². The molecule has 1 fully saturated rings. The van der Waals surface area contributed by atoms with Crippen molar-refractivity contribution in [3.8, 4) is 0 Å². The van der Waals surface area contributed by atoms with Gasteiger partial charge < -0.3 is 4.90 Å². The Hall–Kier alpha value is -2.01. The van der Waals surface area contributed by atoms with Crippen LogP contribution in [0, 0.1) is 0 Å². The van der Waals surface area contributed by atoms with E-state index in [1.807, 2.05) is 30.3 Å². The molecule has 0 aromatic heterocycles. The maximum absolute atomic E-state index is 12.7. The van der Waals surface area contributed by atoms with Crippen LogP contribution in [0.4, 0.5) is 0 Å². The fourth-order valence-corrected chi connectivity index (χ4v) is 3.43. The Morgan fingerprint density at radius 3 is 2.48 bits per heavy atom. The van der Waals surface area contributed by atoms with Crippen molar-refractivity contribution in [2.24, 2.45) is 0 Å². The summed E-state index contributed by atoms with van der Waals surface area (Å²) >= 11 is 0. The second-order valence-corrected chi connectivity index (χ2v) is 6.88. The standard InChI is InChI=1S/C20H28N2O3/c1-14(20(25)22-13-7-10-19(22)16(3)24)21-18(15(2)23)12-11-17-8-5-4-6-9-17/h4-6,8-9,14,18-19,21H,7,10-13H2,1-3H3/t14-,18-,19-/m0/s1. The van der Waals surface area contributed by atoms with E-state index in [1.165, 1.54) is 12.5 Å². The SMILES string of the molecule is CC(=O)[C@H](CCc1ccccc1)N[C@@H](C)C(=O)N1CCC[C@H]1C(C)=O. The minimum Gasteiger partial charge on any atom is -0.331 e. The average Bonchev–Trinajstić information content (AvgIpc) is 3.08. The molecule has 5 nitrogen and oxygen atoms in total. The van der Waals surface area contributed by atoms with Crippen LogP contribution in [0.15, 0.2) is 30.3 Å². The first-order valence-electron chi connectivity index (χ1n) is 9.01. The molecule has 0 spiro atoms. The lowest BCUT2D eigenvalue weighted by molar-refractivity contribution is -0.138. The summed E-state index contributed by atoms with van der Waals surface area (Å²) in [7, 11) is 0. The van der Waals surface area contributed by atoms with Crippen molar-refractivity contribution in [3.63, 3.8) is 0 Å². The predicted octanol–water partition coefficient (Wildman–Crippen LogP) is 2.13. The van der Waals surface area contributed by atoms with Crippen molar-refractivity contribution in [2.75, 3.05) is 6.54 Å². The van der Waals surface area contributed by atoms with Crippen LogP contribution in [-0.4, -0.2) is 47.0 Å². The van der Waals surface area contributed by atoms with Gasteiger partial charge >= 0.3 is 0 Å². The van der Waals surface area contributed by atoms with Crippen molar-refractivity contribution in [1.29, 1.82) is 0 Å². The molecular weight excluding hydrogens is 316 g/mol. The highest BCUT2D eigenvalue weighted by Crippen LogP contribution is 2.19. The number of carbonyl (C=O) groups excluding carboxylic acids is 3. The van der Waals surface area contributed by atoms with Crippen molar-refractivity contribution in [3.05, 3.63) is 35.9 Å². The molecule has 0 saturated carbocycles. The number of nitrogens with one attached hydrogen (secondary N) is 1. The summed E-state index contributed by atoms with van der Waals surface area (Å²) in [6, 6.07) is 8.84. The molecule has 1 aromatic carbocycles. The van der Waals surface area contributed by atoms with Crippen LogP contribution >= 0.6 is 0 Å². The van der Waals surface area contributed by atoms with Gasteiger partial charge in [-0.1, -0.05) is 30.3 Å². The Kier molecular flexibility index (Phi) is 6.88. The highest BCUT2D eigenvalue weighted by atomic mass is 16.2. The van der Waals surface area contributed by atoms with Crippen molar-refractivity contribution < 1.29 is 14.4 Å². The van der Waals surface area contributed by atoms with Crippen molar-refractivity contribution >= 4 is 17.5 Å². The predicted molar refractivity (Wildman–Crippen MR) is 97.2 cm³/mol. The smallest absolute Gasteiger partial charge is 0.240 e. The number of carbonyl (C=O) groups is 3. The van der Waals surface area contributed by atoms with E-state index in [0.717, 1.165) is 19.3 Å². The van der Waals surface area contributed by atoms with E-state index in [1.54, 1.807) is 18.7 Å². The van der Waals surface area contributed by atoms with Gasteiger partial charge in [0.05, 0.1) is 18.1 Å². The van der Waals surface area contributed by atoms with Gasteiger partial charge in [-0.15, -0.1) is 0 Å². The first kappa shape index (κ1) is 19.3. The number of amides is 1. The summed E-state index contributed by atoms with van der Waals surface area (Å²) in [5.41, 5.74) is 1.17. The topological polar surface area (TPSA) is 66.5 Å². The third kappa shape index (κ3) is 5.23. The molecule has 1 aliphatic rings. The van der Waals surface area contributed by atoms with Gasteiger partial charge in [-0.05, 0) is 52.0 Å². The second kappa shape index (κ2) is 8.90. The first-order chi connectivity index (χ1) is 11.9. The molecule has 0 aliphatic carbocycles. The Morgan fingerprint density at radius 1 is 1.20 bits per heavy atom. The summed E-state index contributed by atoms with van der Waals surface area (Å²) in [5.74, 6) is -0.0333. The van der Waals surface area contributed by atoms with Crippen LogP contribution in [0.1, 0.15) is 45.6 Å². The Bertz CT molecular complexity index is 615. The van der Waals surface area contributed by atoms with Crippen molar-refractivity contribution in [2.45, 2.75) is 64.6 Å². The minimum atomic E-state index is -0.482. The summed E-state index contributed by atoms with van der Waals surface area (Å²) in [6.45, 7) is 5.47. The van der Waals surface area contributed by atoms with Crippen LogP contribution in [0.5, 0.6) is 0 Å². The van der Waals surface area contributed by atoms with E-state index in [9.17, 15) is 14.4 Å². The fraction of sp³-hybridized carbons (Fsp3) is 0.550. The number of rotatable bonds is 8. The zero-order valence-electron chi connectivity index (χ0n) is 15.3. The fourth-order valence-electron chi connectivity index (χ4n) is 3.43. The first-order valence-corrected chi connectivity index (χ1v) is 9.01. The summed E-state index contributed by atoms with van der Waals surface area (Å²) < 4.78 is 0. The number of Topliss-reactive ketones (excluding diaryl/α,β-unsaturated/α-hetero) is 2. The average molecular weight is 344 g/mol. The van der Waals surface area contributed by atoms with E-state index < -0.39 is 6.04 Å². The monoisotopic (exact) mass is 344 g/mol. The van der Waals surface area contributed by atoms with E-state index >= 15 is 0 Å². The molecule has 136 valence electrons. The number of ketones is 2. The van der Waals surface area contributed by atoms with Gasteiger partial charge in [0.15, 0.2) is 5.78 Å². The molecular formula is C20H28N2O3. The molecule has 3 atom stereocenters. The minimum absolute atomic E-state index is 0.0279. The van der Waals surface area contributed by atoms with Gasteiger partial charge in [-0.3, -0.25) is 19.7 Å². The second-order valence-electron chi connectivity index (χ2n) is 6.88. The van der Waals surface area contributed by atoms with Crippen LogP contribution in [0.2, 0.25) is 0 Å². The molecule has 1 saturated heterocycles. The third-order valence-electron chi connectivity index (χ3n) is 4.88. The van der Waals surface area contributed by atoms with Crippen LogP contribution in [0.3, 0.4) is 0 Å². The van der Waals surface area contributed by atoms with E-state index in [-0.39, 0.29) is 29.6 Å². The molecule has 1 heterocycles. The largest absolute Gasteiger partial charge is 0.331 e. The number of aryl methyl sites for hydroxylation is 1. The molecule has 1 amide bonds. The maximum atomic E-state index is 12.7. The van der Waals surface area contributed by atoms with E-state index in [2.05, 4.69) is 5.32 Å². The van der Waals surface area contributed by atoms with Gasteiger partial charge in [0.25, 0.3) is 0 Å². The normalized spacial score (nSPS) is 19.5. The maximum Gasteiger partial charge on any atom is 0.240 e. The van der Waals surface area contributed by atoms with Gasteiger partial charge in [0.2, 0.25) is 5.91 Å². The van der Waals surface area contributed by atoms with Crippen molar-refractivity contribution in [1.82, 2.24) is 10.2 Å². The molecule has 1 aromatic rings. The quantitative estimate of drug-likeness (QED) is 0.785. The van der Waals surface area contributed by atoms with Gasteiger partial charge in [0.1, 0.15) is 5.78 Å². The number of benzene rings is 1. The molecule has 25 heavy (non-hydrogen) atoms. The Balaban J connectivity index is 1.95. The highest BCUT2D eigenvalue weighted by Gasteiger charge is 2.34. The van der Waals surface area contributed by atoms with Crippen LogP contribution in [-0.2, 0) is 20.8 Å². The number of nitrogens with zero attached hydrogens (tertiary/aromatic N) is 1. The molecule has 5 heteroatoms. The van der Waals surface area contributed by atoms with Crippen LogP contribution in [0.25, 0.3) is 0 Å². The Labute approximate surface area is 149 Å². The lowest BCUT2D eigenvalue weighted by atomic mass is 10.0. The summed E-state index contributed by atoms with van der Waals surface area (Å²) in [5, 5.41) is 3.17. The number of hydrogen-bond acceptors (Lipinski definition) is 4. The lowest BCUT2D eigenvalue weighted by Crippen LogP contribution is -2.52. The van der Waals surface area contributed by atoms with Gasteiger partial charge in [-0.25, -0.2) is 0 Å². The lowest BCUT2D eigenvalue weighted by Gasteiger charge is -2.28. The third-order valence-corrected chi connectivity index (χ3v) is 4.88. The molecule has 0 radical (unpaired) electrons. The van der Waals surface area contributed by atoms with E-state index in [4.69, 9.17) is 0 Å². The van der Waals surface area contributed by atoms with E-state index in [0.29, 0.717) is 13.0 Å². The molecule has 1 N–H and O–H groups in total. The molecule has 1 aliphatic heterocycles. The highest BCUT2D eigenvalue weighted by molar-refractivity contribution is 5.90. The molecule has 0 unspecified atom stereocenters. The zero-order valence-corrected chi connectivity index (χ0v) is 15.3.